The third kappa shape index (κ3) is 6.64. The van der Waals surface area contributed by atoms with Crippen LogP contribution in [0.4, 0.5) is 0 Å². The Labute approximate surface area is 386 Å². The van der Waals surface area contributed by atoms with Crippen LogP contribution >= 0.6 is 0 Å². The molecule has 3 aromatic heterocycles. The number of nitrogens with zero attached hydrogens (tertiary/aromatic N) is 4. The molecule has 0 radical (unpaired) electrons. The smallest absolute Gasteiger partial charge is 0.164 e. The Morgan fingerprint density at radius 3 is 1.55 bits per heavy atom. The lowest BCUT2D eigenvalue weighted by Gasteiger charge is -2.16. The molecule has 13 aromatic rings. The normalized spacial score (nSPS) is 11.6. The number of pyridine rings is 1. The first-order chi connectivity index (χ1) is 33.2. The maximum atomic E-state index is 6.66. The van der Waals surface area contributed by atoms with Gasteiger partial charge >= 0.3 is 0 Å². The molecule has 0 unspecified atom stereocenters. The molecule has 312 valence electrons. The summed E-state index contributed by atoms with van der Waals surface area (Å²) in [6, 6.07) is 80.4. The van der Waals surface area contributed by atoms with Gasteiger partial charge in [-0.1, -0.05) is 200 Å². The molecule has 0 N–H and O–H groups in total. The summed E-state index contributed by atoms with van der Waals surface area (Å²) >= 11 is 0. The largest absolute Gasteiger partial charge is 0.456 e. The Balaban J connectivity index is 0.974. The van der Waals surface area contributed by atoms with E-state index < -0.39 is 0 Å². The summed E-state index contributed by atoms with van der Waals surface area (Å²) < 4.78 is 6.66. The number of aromatic nitrogens is 4. The maximum Gasteiger partial charge on any atom is 0.164 e. The number of rotatable bonds is 7. The van der Waals surface area contributed by atoms with Gasteiger partial charge in [-0.2, -0.15) is 0 Å². The highest BCUT2D eigenvalue weighted by atomic mass is 16.3. The Morgan fingerprint density at radius 2 is 0.806 bits per heavy atom. The molecule has 0 fully saturated rings. The molecule has 0 atom stereocenters. The van der Waals surface area contributed by atoms with Crippen molar-refractivity contribution in [3.05, 3.63) is 231 Å². The van der Waals surface area contributed by atoms with E-state index in [1.54, 1.807) is 0 Å². The average Bonchev–Trinajstić information content (AvgIpc) is 3.78. The molecule has 0 aliphatic rings. The van der Waals surface area contributed by atoms with Gasteiger partial charge in [-0.3, -0.25) is 0 Å². The highest BCUT2D eigenvalue weighted by Gasteiger charge is 2.22. The van der Waals surface area contributed by atoms with Gasteiger partial charge in [-0.05, 0) is 68.9 Å². The number of benzene rings is 10. The first kappa shape index (κ1) is 38.4. The Hall–Kier alpha value is -9.06. The number of fused-ring (bicyclic) bond motifs is 7. The van der Waals surface area contributed by atoms with Crippen molar-refractivity contribution in [3.63, 3.8) is 0 Å². The third-order valence-corrected chi connectivity index (χ3v) is 12.9. The molecule has 0 spiro atoms. The van der Waals surface area contributed by atoms with Crippen molar-refractivity contribution < 1.29 is 4.42 Å². The lowest BCUT2D eigenvalue weighted by Crippen LogP contribution is -2.01. The number of hydrogen-bond acceptors (Lipinski definition) is 5. The minimum Gasteiger partial charge on any atom is -0.456 e. The van der Waals surface area contributed by atoms with Crippen LogP contribution in [-0.2, 0) is 0 Å². The van der Waals surface area contributed by atoms with Gasteiger partial charge in [0, 0.05) is 54.7 Å². The Bertz CT molecular complexity index is 4020. The van der Waals surface area contributed by atoms with Crippen LogP contribution in [0.5, 0.6) is 0 Å². The minimum atomic E-state index is 0.621. The molecule has 13 rings (SSSR count). The van der Waals surface area contributed by atoms with Crippen LogP contribution in [0.25, 0.3) is 133 Å². The summed E-state index contributed by atoms with van der Waals surface area (Å²) in [5, 5.41) is 7.67. The molecule has 3 heterocycles. The second-order valence-electron chi connectivity index (χ2n) is 16.9. The van der Waals surface area contributed by atoms with Crippen LogP contribution in [-0.4, -0.2) is 19.9 Å². The monoisotopic (exact) mass is 854 g/mol. The SMILES string of the molecule is c1ccc(-c2cccc(-c3nc(-c4ccccc4)nc(-c4ccc(-c5ccc(-c6c7c(cc8c(-c9ccccc9)nc9ccccc9c68)oc6ccccc67)cc5)c5ccccc45)n3)c2)cc1. The van der Waals surface area contributed by atoms with E-state index in [9.17, 15) is 0 Å². The number of para-hydroxylation sites is 2. The molecule has 5 heteroatoms. The van der Waals surface area contributed by atoms with Crippen molar-refractivity contribution in [2.75, 3.05) is 0 Å². The van der Waals surface area contributed by atoms with E-state index >= 15 is 0 Å². The molecule has 67 heavy (non-hydrogen) atoms. The van der Waals surface area contributed by atoms with E-state index in [1.807, 2.05) is 48.5 Å². The van der Waals surface area contributed by atoms with Gasteiger partial charge in [-0.25, -0.2) is 19.9 Å². The van der Waals surface area contributed by atoms with Gasteiger partial charge in [-0.15, -0.1) is 0 Å². The fraction of sp³-hybridized carbons (Fsp3) is 0. The summed E-state index contributed by atoms with van der Waals surface area (Å²) in [7, 11) is 0. The molecule has 0 amide bonds. The van der Waals surface area contributed by atoms with E-state index in [1.165, 1.54) is 0 Å². The lowest BCUT2D eigenvalue weighted by atomic mass is 9.88. The van der Waals surface area contributed by atoms with Crippen LogP contribution in [0.1, 0.15) is 0 Å². The van der Waals surface area contributed by atoms with Gasteiger partial charge in [0.25, 0.3) is 0 Å². The summed E-state index contributed by atoms with van der Waals surface area (Å²) in [6.07, 6.45) is 0. The van der Waals surface area contributed by atoms with Crippen LogP contribution in [0, 0.1) is 0 Å². The van der Waals surface area contributed by atoms with E-state index in [2.05, 4.69) is 182 Å². The highest BCUT2D eigenvalue weighted by molar-refractivity contribution is 6.27. The molecule has 0 aliphatic carbocycles. The van der Waals surface area contributed by atoms with E-state index in [0.29, 0.717) is 17.5 Å². The molecule has 0 saturated heterocycles. The lowest BCUT2D eigenvalue weighted by molar-refractivity contribution is 0.669. The topological polar surface area (TPSA) is 64.7 Å². The first-order valence-corrected chi connectivity index (χ1v) is 22.5. The van der Waals surface area contributed by atoms with Crippen molar-refractivity contribution in [2.45, 2.75) is 0 Å². The van der Waals surface area contributed by atoms with Crippen molar-refractivity contribution >= 4 is 54.4 Å². The van der Waals surface area contributed by atoms with Crippen molar-refractivity contribution in [1.29, 1.82) is 0 Å². The summed E-state index contributed by atoms with van der Waals surface area (Å²) in [6.45, 7) is 0. The maximum absolute atomic E-state index is 6.66. The predicted octanol–water partition coefficient (Wildman–Crippen LogP) is 16.3. The fourth-order valence-electron chi connectivity index (χ4n) is 9.79. The van der Waals surface area contributed by atoms with Crippen molar-refractivity contribution in [2.24, 2.45) is 0 Å². The summed E-state index contributed by atoms with van der Waals surface area (Å²) in [5.41, 5.74) is 14.1. The zero-order valence-corrected chi connectivity index (χ0v) is 36.1. The minimum absolute atomic E-state index is 0.621. The number of hydrogen-bond donors (Lipinski definition) is 0. The molecule has 5 nitrogen and oxygen atoms in total. The molecular formula is C62H38N4O. The Morgan fingerprint density at radius 1 is 0.269 bits per heavy atom. The van der Waals surface area contributed by atoms with Gasteiger partial charge in [0.2, 0.25) is 0 Å². The highest BCUT2D eigenvalue weighted by Crippen LogP contribution is 2.47. The zero-order chi connectivity index (χ0) is 44.3. The van der Waals surface area contributed by atoms with Gasteiger partial charge in [0.1, 0.15) is 11.2 Å². The second kappa shape index (κ2) is 15.9. The molecule has 10 aromatic carbocycles. The molecular weight excluding hydrogens is 817 g/mol. The predicted molar refractivity (Wildman–Crippen MR) is 275 cm³/mol. The van der Waals surface area contributed by atoms with Gasteiger partial charge < -0.3 is 4.42 Å². The van der Waals surface area contributed by atoms with E-state index in [4.69, 9.17) is 24.4 Å². The summed E-state index contributed by atoms with van der Waals surface area (Å²) in [4.78, 5) is 20.7. The van der Waals surface area contributed by atoms with Gasteiger partial charge in [0.15, 0.2) is 17.5 Å². The molecule has 0 aliphatic heterocycles. The standard InChI is InChI=1S/C62H38N4O/c1-4-17-39(18-5-1)44-23-16-24-45(37-44)61-64-60(43-21-8-3-9-22-43)65-62(66-61)49-36-35-46(47-25-10-11-26-48(47)49)40-31-33-41(34-32-40)56-57-50-27-12-14-29-53(50)63-59(42-19-6-2-7-20-42)52(57)38-55-58(56)51-28-13-15-30-54(51)67-55/h1-38H. The van der Waals surface area contributed by atoms with Gasteiger partial charge in [0.05, 0.1) is 11.2 Å². The van der Waals surface area contributed by atoms with Crippen LogP contribution in [0.2, 0.25) is 0 Å². The number of furan rings is 1. The quantitative estimate of drug-likeness (QED) is 0.149. The van der Waals surface area contributed by atoms with Crippen molar-refractivity contribution in [1.82, 2.24) is 19.9 Å². The van der Waals surface area contributed by atoms with Crippen LogP contribution in [0.15, 0.2) is 235 Å². The zero-order valence-electron chi connectivity index (χ0n) is 36.1. The first-order valence-electron chi connectivity index (χ1n) is 22.5. The van der Waals surface area contributed by atoms with E-state index in [0.717, 1.165) is 116 Å². The third-order valence-electron chi connectivity index (χ3n) is 12.9. The van der Waals surface area contributed by atoms with Crippen LogP contribution < -0.4 is 0 Å². The summed E-state index contributed by atoms with van der Waals surface area (Å²) in [5.74, 6) is 1.87. The van der Waals surface area contributed by atoms with E-state index in [-0.39, 0.29) is 0 Å². The van der Waals surface area contributed by atoms with Crippen LogP contribution in [0.3, 0.4) is 0 Å². The average molecular weight is 855 g/mol. The fourth-order valence-corrected chi connectivity index (χ4v) is 9.79. The molecule has 0 saturated carbocycles. The second-order valence-corrected chi connectivity index (χ2v) is 16.9. The Kier molecular flexibility index (Phi) is 9.10. The molecule has 0 bridgehead atoms. The van der Waals surface area contributed by atoms with Crippen molar-refractivity contribution in [3.8, 4) is 78.8 Å².